The number of carbonyl (C=O) groups excluding carboxylic acids is 1. The largest absolute Gasteiger partial charge is 0.490 e. The molecule has 1 saturated heterocycles. The molecule has 33 heavy (non-hydrogen) atoms. The highest BCUT2D eigenvalue weighted by molar-refractivity contribution is 5.94. The first-order valence-corrected chi connectivity index (χ1v) is 10.6. The second-order valence-electron chi connectivity index (χ2n) is 8.71. The number of carboxylic acids is 1. The van der Waals surface area contributed by atoms with Crippen LogP contribution in [0.3, 0.4) is 0 Å². The van der Waals surface area contributed by atoms with E-state index < -0.39 is 12.1 Å². The summed E-state index contributed by atoms with van der Waals surface area (Å²) in [5, 5.41) is 11.3. The fourth-order valence-electron chi connectivity index (χ4n) is 4.59. The van der Waals surface area contributed by atoms with Crippen molar-refractivity contribution in [1.82, 2.24) is 19.7 Å². The highest BCUT2D eigenvalue weighted by Gasteiger charge is 2.50. The van der Waals surface area contributed by atoms with Crippen LogP contribution in [0.4, 0.5) is 13.2 Å². The standard InChI is InChI=1S/C20H26N4O2.C2HF3O2/c1-15-6-16(8-21-7-15)12-26-14-20-5-3-4-18(20)11-24(13-20)19(25)17-9-22-23(2)10-17;3-2(4,5)1(6)7/h6-10,18H,3-5,11-14H2,1-2H3;(H,6,7)/t18-,20+;/m1./s1. The van der Waals surface area contributed by atoms with Gasteiger partial charge < -0.3 is 14.7 Å². The van der Waals surface area contributed by atoms with Crippen molar-refractivity contribution < 1.29 is 32.6 Å². The Labute approximate surface area is 189 Å². The minimum absolute atomic E-state index is 0.0924. The molecule has 0 spiro atoms. The van der Waals surface area contributed by atoms with Gasteiger partial charge in [0, 0.05) is 44.1 Å². The van der Waals surface area contributed by atoms with E-state index in [1.807, 2.05) is 31.3 Å². The van der Waals surface area contributed by atoms with E-state index in [2.05, 4.69) is 16.1 Å². The van der Waals surface area contributed by atoms with Gasteiger partial charge in [-0.2, -0.15) is 18.3 Å². The molecule has 1 saturated carbocycles. The van der Waals surface area contributed by atoms with E-state index in [1.54, 1.807) is 17.1 Å². The lowest BCUT2D eigenvalue weighted by Crippen LogP contribution is -2.34. The molecule has 1 amide bonds. The molecule has 0 radical (unpaired) electrons. The van der Waals surface area contributed by atoms with Crippen LogP contribution in [-0.2, 0) is 23.2 Å². The molecule has 2 fully saturated rings. The molecular formula is C22H27F3N4O4. The minimum Gasteiger partial charge on any atom is -0.475 e. The van der Waals surface area contributed by atoms with E-state index in [0.717, 1.165) is 30.6 Å². The topological polar surface area (TPSA) is 97.5 Å². The van der Waals surface area contributed by atoms with Gasteiger partial charge in [-0.3, -0.25) is 14.5 Å². The number of pyridine rings is 1. The van der Waals surface area contributed by atoms with Gasteiger partial charge in [0.25, 0.3) is 5.91 Å². The number of aromatic nitrogens is 3. The van der Waals surface area contributed by atoms with E-state index >= 15 is 0 Å². The summed E-state index contributed by atoms with van der Waals surface area (Å²) in [5.41, 5.74) is 3.04. The highest BCUT2D eigenvalue weighted by atomic mass is 19.4. The first-order chi connectivity index (χ1) is 15.5. The number of alkyl halides is 3. The monoisotopic (exact) mass is 468 g/mol. The second kappa shape index (κ2) is 9.90. The highest BCUT2D eigenvalue weighted by Crippen LogP contribution is 2.49. The van der Waals surface area contributed by atoms with Crippen molar-refractivity contribution in [2.45, 2.75) is 39.0 Å². The molecule has 2 aromatic rings. The fraction of sp³-hybridized carbons (Fsp3) is 0.545. The van der Waals surface area contributed by atoms with E-state index in [1.165, 1.54) is 12.8 Å². The minimum atomic E-state index is -5.08. The van der Waals surface area contributed by atoms with Crippen LogP contribution >= 0.6 is 0 Å². The van der Waals surface area contributed by atoms with E-state index in [4.69, 9.17) is 14.6 Å². The number of halogens is 3. The van der Waals surface area contributed by atoms with Crippen molar-refractivity contribution >= 4 is 11.9 Å². The molecule has 2 atom stereocenters. The zero-order valence-corrected chi connectivity index (χ0v) is 18.5. The SMILES string of the molecule is Cc1cncc(COC[C@@]23CCC[C@@H]2CN(C(=O)c2cnn(C)c2)C3)c1.O=C(O)C(F)(F)F. The number of fused-ring (bicyclic) bond motifs is 1. The third kappa shape index (κ3) is 6.10. The number of ether oxygens (including phenoxy) is 1. The van der Waals surface area contributed by atoms with Crippen LogP contribution in [0.5, 0.6) is 0 Å². The summed E-state index contributed by atoms with van der Waals surface area (Å²) in [6.07, 6.45) is 5.65. The number of aryl methyl sites for hydroxylation is 2. The van der Waals surface area contributed by atoms with Crippen LogP contribution in [0.2, 0.25) is 0 Å². The van der Waals surface area contributed by atoms with Crippen molar-refractivity contribution in [2.75, 3.05) is 19.7 Å². The van der Waals surface area contributed by atoms with Crippen molar-refractivity contribution in [2.24, 2.45) is 18.4 Å². The molecule has 180 valence electrons. The quantitative estimate of drug-likeness (QED) is 0.724. The Bertz CT molecular complexity index is 994. The number of hydrogen-bond acceptors (Lipinski definition) is 5. The normalized spacial score (nSPS) is 22.0. The molecule has 1 aliphatic heterocycles. The Morgan fingerprint density at radius 2 is 2.03 bits per heavy atom. The Morgan fingerprint density at radius 3 is 2.64 bits per heavy atom. The summed E-state index contributed by atoms with van der Waals surface area (Å²) in [6.45, 7) is 4.96. The van der Waals surface area contributed by atoms with Crippen LogP contribution in [0.1, 0.15) is 40.7 Å². The Kier molecular flexibility index (Phi) is 7.41. The Morgan fingerprint density at radius 1 is 1.30 bits per heavy atom. The summed E-state index contributed by atoms with van der Waals surface area (Å²) < 4.78 is 39.5. The first kappa shape index (κ1) is 24.7. The molecule has 2 aliphatic rings. The van der Waals surface area contributed by atoms with Crippen LogP contribution < -0.4 is 0 Å². The maximum Gasteiger partial charge on any atom is 0.490 e. The number of carboxylic acid groups (broad SMARTS) is 1. The van der Waals surface area contributed by atoms with Gasteiger partial charge in [-0.05, 0) is 36.8 Å². The molecule has 2 aromatic heterocycles. The van der Waals surface area contributed by atoms with Gasteiger partial charge in [-0.15, -0.1) is 0 Å². The van der Waals surface area contributed by atoms with E-state index in [9.17, 15) is 18.0 Å². The van der Waals surface area contributed by atoms with E-state index in [0.29, 0.717) is 24.7 Å². The van der Waals surface area contributed by atoms with Crippen molar-refractivity contribution in [1.29, 1.82) is 0 Å². The summed E-state index contributed by atoms with van der Waals surface area (Å²) in [5.74, 6) is -2.12. The van der Waals surface area contributed by atoms with Gasteiger partial charge in [0.05, 0.1) is 25.0 Å². The van der Waals surface area contributed by atoms with Crippen molar-refractivity contribution in [3.8, 4) is 0 Å². The molecule has 11 heteroatoms. The van der Waals surface area contributed by atoms with Gasteiger partial charge in [0.1, 0.15) is 0 Å². The van der Waals surface area contributed by atoms with Gasteiger partial charge in [0.2, 0.25) is 0 Å². The second-order valence-corrected chi connectivity index (χ2v) is 8.71. The number of rotatable bonds is 5. The number of amides is 1. The Hall–Kier alpha value is -2.95. The van der Waals surface area contributed by atoms with Crippen molar-refractivity contribution in [3.05, 3.63) is 47.5 Å². The first-order valence-electron chi connectivity index (χ1n) is 10.6. The predicted octanol–water partition coefficient (Wildman–Crippen LogP) is 3.22. The van der Waals surface area contributed by atoms with Gasteiger partial charge in [-0.25, -0.2) is 4.79 Å². The third-order valence-corrected chi connectivity index (χ3v) is 6.11. The lowest BCUT2D eigenvalue weighted by atomic mass is 9.81. The zero-order valence-electron chi connectivity index (χ0n) is 18.5. The number of likely N-dealkylation sites (tertiary alicyclic amines) is 1. The molecule has 4 rings (SSSR count). The predicted molar refractivity (Wildman–Crippen MR) is 111 cm³/mol. The third-order valence-electron chi connectivity index (χ3n) is 6.11. The van der Waals surface area contributed by atoms with Gasteiger partial charge >= 0.3 is 12.1 Å². The molecule has 0 aromatic carbocycles. The van der Waals surface area contributed by atoms with Crippen molar-refractivity contribution in [3.63, 3.8) is 0 Å². The number of carbonyl (C=O) groups is 2. The van der Waals surface area contributed by atoms with Crippen LogP contribution in [0.15, 0.2) is 30.9 Å². The van der Waals surface area contributed by atoms with Crippen LogP contribution in [0, 0.1) is 18.3 Å². The smallest absolute Gasteiger partial charge is 0.475 e. The number of nitrogens with zero attached hydrogens (tertiary/aromatic N) is 4. The summed E-state index contributed by atoms with van der Waals surface area (Å²) in [7, 11) is 1.84. The molecular weight excluding hydrogens is 441 g/mol. The van der Waals surface area contributed by atoms with Gasteiger partial charge in [-0.1, -0.05) is 12.5 Å². The molecule has 0 bridgehead atoms. The van der Waals surface area contributed by atoms with Gasteiger partial charge in [0.15, 0.2) is 0 Å². The summed E-state index contributed by atoms with van der Waals surface area (Å²) in [4.78, 5) is 27.9. The maximum atomic E-state index is 12.8. The molecule has 8 nitrogen and oxygen atoms in total. The average molecular weight is 468 g/mol. The lowest BCUT2D eigenvalue weighted by Gasteiger charge is -2.28. The Balaban J connectivity index is 0.000000383. The maximum absolute atomic E-state index is 12.8. The van der Waals surface area contributed by atoms with Crippen LogP contribution in [-0.4, -0.2) is 62.5 Å². The molecule has 0 unspecified atom stereocenters. The summed E-state index contributed by atoms with van der Waals surface area (Å²) >= 11 is 0. The summed E-state index contributed by atoms with van der Waals surface area (Å²) in [6, 6.07) is 2.11. The zero-order chi connectivity index (χ0) is 24.2. The average Bonchev–Trinajstić information content (AvgIpc) is 3.41. The number of hydrogen-bond donors (Lipinski definition) is 1. The molecule has 1 aliphatic carbocycles. The van der Waals surface area contributed by atoms with Crippen LogP contribution in [0.25, 0.3) is 0 Å². The molecule has 3 heterocycles. The number of aliphatic carboxylic acids is 1. The fourth-order valence-corrected chi connectivity index (χ4v) is 4.59. The molecule has 1 N–H and O–H groups in total. The van der Waals surface area contributed by atoms with E-state index in [-0.39, 0.29) is 11.3 Å². The lowest BCUT2D eigenvalue weighted by molar-refractivity contribution is -0.192.